The summed E-state index contributed by atoms with van der Waals surface area (Å²) in [5, 5.41) is 16.0. The number of nitrogen functional groups attached to an aromatic ring is 1. The first-order valence-corrected chi connectivity index (χ1v) is 11.2. The number of hydrogen-bond donors (Lipinski definition) is 3. The van der Waals surface area contributed by atoms with E-state index in [1.54, 1.807) is 24.3 Å². The molecule has 1 unspecified atom stereocenters. The highest BCUT2D eigenvalue weighted by Gasteiger charge is 2.20. The molecule has 0 aliphatic rings. The van der Waals surface area contributed by atoms with E-state index in [2.05, 4.69) is 15.4 Å². The van der Waals surface area contributed by atoms with E-state index in [-0.39, 0.29) is 17.1 Å². The molecule has 1 atom stereocenters. The molecule has 0 aliphatic carbocycles. The van der Waals surface area contributed by atoms with Crippen LogP contribution in [0, 0.1) is 12.7 Å². The number of aromatic nitrogens is 3. The average Bonchev–Trinajstić information content (AvgIpc) is 3.28. The fourth-order valence-electron chi connectivity index (χ4n) is 3.99. The molecule has 2 aromatic carbocycles. The molecule has 4 rings (SSSR count). The van der Waals surface area contributed by atoms with E-state index in [1.807, 2.05) is 0 Å². The van der Waals surface area contributed by atoms with Crippen LogP contribution in [0.2, 0.25) is 0 Å². The largest absolute Gasteiger partial charge is 0.394 e. The number of hydrogen-bond acceptors (Lipinski definition) is 5. The molecule has 2 heterocycles. The maximum Gasteiger partial charge on any atom is 0.333 e. The van der Waals surface area contributed by atoms with Gasteiger partial charge in [0, 0.05) is 28.6 Å². The van der Waals surface area contributed by atoms with Gasteiger partial charge < -0.3 is 16.2 Å². The summed E-state index contributed by atoms with van der Waals surface area (Å²) in [5.74, 6) is -1.55. The first-order chi connectivity index (χ1) is 17.7. The molecule has 1 amide bonds. The second-order valence-electron chi connectivity index (χ2n) is 8.30. The van der Waals surface area contributed by atoms with Gasteiger partial charge in [-0.25, -0.2) is 18.4 Å². The Morgan fingerprint density at radius 3 is 2.54 bits per heavy atom. The van der Waals surface area contributed by atoms with Crippen molar-refractivity contribution in [2.24, 2.45) is 0 Å². The molecule has 2 aromatic heterocycles. The summed E-state index contributed by atoms with van der Waals surface area (Å²) in [5.41, 5.74) is 8.33. The highest BCUT2D eigenvalue weighted by atomic mass is 19.3. The van der Waals surface area contributed by atoms with Gasteiger partial charge in [0.2, 0.25) is 0 Å². The number of nitrogens with one attached hydrogen (secondary N) is 1. The van der Waals surface area contributed by atoms with Crippen molar-refractivity contribution in [2.75, 3.05) is 12.3 Å². The van der Waals surface area contributed by atoms with Crippen LogP contribution in [0.3, 0.4) is 0 Å². The Hall–Kier alpha value is -4.25. The fraction of sp³-hybridized carbons (Fsp3) is 0.192. The summed E-state index contributed by atoms with van der Waals surface area (Å²) < 4.78 is 54.8. The Morgan fingerprint density at radius 2 is 1.89 bits per heavy atom. The Morgan fingerprint density at radius 1 is 1.11 bits per heavy atom. The number of carbonyl (C=O) groups is 1. The van der Waals surface area contributed by atoms with Crippen LogP contribution in [0.5, 0.6) is 0 Å². The zero-order valence-corrected chi connectivity index (χ0v) is 19.6. The van der Waals surface area contributed by atoms with Crippen molar-refractivity contribution in [2.45, 2.75) is 26.2 Å². The van der Waals surface area contributed by atoms with Gasteiger partial charge >= 0.3 is 6.55 Å². The van der Waals surface area contributed by atoms with Gasteiger partial charge in [0.1, 0.15) is 18.3 Å². The normalized spacial score (nSPS) is 12.1. The monoisotopic (exact) mass is 513 g/mol. The maximum absolute atomic E-state index is 15.0. The Bertz CT molecular complexity index is 1440. The maximum atomic E-state index is 15.0. The standard InChI is InChI=1S/C26H23F4N5O2/c1-14-21(12-33-35(14)26(29)30)18-8-20(24(31)32-11-18)16-5-6-19(22(28)9-16)25(37)34-23(13-36)17-4-2-3-15(7-17)10-27/h2-9,11-12,23,26,36H,10,13H2,1H3,(H2,31,32)(H,34,37). The van der Waals surface area contributed by atoms with Crippen molar-refractivity contribution >= 4 is 11.7 Å². The minimum absolute atomic E-state index is 0.0762. The molecule has 0 spiro atoms. The number of nitrogens with two attached hydrogens (primary N) is 1. The van der Waals surface area contributed by atoms with E-state index in [0.29, 0.717) is 38.1 Å². The summed E-state index contributed by atoms with van der Waals surface area (Å²) in [7, 11) is 0. The van der Waals surface area contributed by atoms with Crippen molar-refractivity contribution in [3.05, 3.63) is 89.1 Å². The number of pyridine rings is 1. The summed E-state index contributed by atoms with van der Waals surface area (Å²) in [4.78, 5) is 16.9. The van der Waals surface area contributed by atoms with E-state index in [0.717, 1.165) is 6.07 Å². The van der Waals surface area contributed by atoms with Crippen LogP contribution in [-0.4, -0.2) is 32.4 Å². The lowest BCUT2D eigenvalue weighted by atomic mass is 9.99. The van der Waals surface area contributed by atoms with Gasteiger partial charge in [-0.15, -0.1) is 0 Å². The van der Waals surface area contributed by atoms with Crippen LogP contribution in [-0.2, 0) is 6.67 Å². The summed E-state index contributed by atoms with van der Waals surface area (Å²) in [6.07, 6.45) is 2.69. The van der Waals surface area contributed by atoms with Crippen molar-refractivity contribution < 1.29 is 27.5 Å². The molecule has 7 nitrogen and oxygen atoms in total. The number of carbonyl (C=O) groups excluding carboxylic acids is 1. The molecule has 4 aromatic rings. The molecular weight excluding hydrogens is 490 g/mol. The van der Waals surface area contributed by atoms with E-state index in [4.69, 9.17) is 5.73 Å². The molecule has 0 saturated carbocycles. The molecule has 37 heavy (non-hydrogen) atoms. The van der Waals surface area contributed by atoms with Gasteiger partial charge in [0.15, 0.2) is 0 Å². The molecule has 11 heteroatoms. The van der Waals surface area contributed by atoms with E-state index in [9.17, 15) is 23.1 Å². The number of rotatable bonds is 8. The van der Waals surface area contributed by atoms with E-state index in [1.165, 1.54) is 37.5 Å². The van der Waals surface area contributed by atoms with Crippen LogP contribution in [0.1, 0.15) is 39.8 Å². The Labute approximate surface area is 209 Å². The van der Waals surface area contributed by atoms with Gasteiger partial charge in [0.05, 0.1) is 24.4 Å². The predicted molar refractivity (Wildman–Crippen MR) is 130 cm³/mol. The molecule has 4 N–H and O–H groups in total. The number of alkyl halides is 3. The number of nitrogens with zero attached hydrogens (tertiary/aromatic N) is 3. The summed E-state index contributed by atoms with van der Waals surface area (Å²) in [6.45, 7) is -2.49. The Kier molecular flexibility index (Phi) is 7.53. The zero-order chi connectivity index (χ0) is 26.7. The second kappa shape index (κ2) is 10.8. The lowest BCUT2D eigenvalue weighted by Gasteiger charge is -2.18. The third-order valence-electron chi connectivity index (χ3n) is 5.98. The van der Waals surface area contributed by atoms with Gasteiger partial charge in [-0.1, -0.05) is 30.3 Å². The molecule has 0 aliphatic heterocycles. The van der Waals surface area contributed by atoms with Crippen LogP contribution in [0.25, 0.3) is 22.3 Å². The predicted octanol–water partition coefficient (Wildman–Crippen LogP) is 4.97. The highest BCUT2D eigenvalue weighted by molar-refractivity contribution is 5.95. The molecule has 0 radical (unpaired) electrons. The number of benzene rings is 2. The number of aliphatic hydroxyl groups is 1. The first-order valence-electron chi connectivity index (χ1n) is 11.2. The third kappa shape index (κ3) is 5.31. The number of aliphatic hydroxyl groups excluding tert-OH is 1. The molecule has 0 bridgehead atoms. The lowest BCUT2D eigenvalue weighted by molar-refractivity contribution is 0.0545. The number of halogens is 4. The van der Waals surface area contributed by atoms with Crippen molar-refractivity contribution in [1.82, 2.24) is 20.1 Å². The highest BCUT2D eigenvalue weighted by Crippen LogP contribution is 2.32. The first kappa shape index (κ1) is 25.8. The van der Waals surface area contributed by atoms with Crippen LogP contribution in [0.4, 0.5) is 23.4 Å². The number of amides is 1. The van der Waals surface area contributed by atoms with Crippen LogP contribution in [0.15, 0.2) is 60.9 Å². The van der Waals surface area contributed by atoms with Gasteiger partial charge in [-0.2, -0.15) is 13.9 Å². The Balaban J connectivity index is 1.61. The molecule has 0 saturated heterocycles. The average molecular weight is 513 g/mol. The lowest BCUT2D eigenvalue weighted by Crippen LogP contribution is -2.31. The zero-order valence-electron chi connectivity index (χ0n) is 19.6. The van der Waals surface area contributed by atoms with Crippen LogP contribution < -0.4 is 11.1 Å². The van der Waals surface area contributed by atoms with Gasteiger partial charge in [0.25, 0.3) is 5.91 Å². The summed E-state index contributed by atoms with van der Waals surface area (Å²) in [6, 6.07) is 10.9. The van der Waals surface area contributed by atoms with E-state index >= 15 is 4.39 Å². The number of anilines is 1. The molecule has 192 valence electrons. The molecule has 0 fully saturated rings. The van der Waals surface area contributed by atoms with Crippen molar-refractivity contribution in [3.63, 3.8) is 0 Å². The fourth-order valence-corrected chi connectivity index (χ4v) is 3.99. The van der Waals surface area contributed by atoms with E-state index < -0.39 is 37.6 Å². The smallest absolute Gasteiger partial charge is 0.333 e. The van der Waals surface area contributed by atoms with Gasteiger partial charge in [-0.05, 0) is 41.8 Å². The third-order valence-corrected chi connectivity index (χ3v) is 5.98. The topological polar surface area (TPSA) is 106 Å². The minimum Gasteiger partial charge on any atom is -0.394 e. The minimum atomic E-state index is -2.80. The van der Waals surface area contributed by atoms with Crippen LogP contribution >= 0.6 is 0 Å². The second-order valence-corrected chi connectivity index (χ2v) is 8.30. The van der Waals surface area contributed by atoms with Crippen molar-refractivity contribution in [3.8, 4) is 22.3 Å². The van der Waals surface area contributed by atoms with Gasteiger partial charge in [-0.3, -0.25) is 4.79 Å². The van der Waals surface area contributed by atoms with Crippen molar-refractivity contribution in [1.29, 1.82) is 0 Å². The molecular formula is C26H23F4N5O2. The summed E-state index contributed by atoms with van der Waals surface area (Å²) >= 11 is 0. The SMILES string of the molecule is Cc1c(-c2cnc(N)c(-c3ccc(C(=O)NC(CO)c4cccc(CF)c4)c(F)c3)c2)cnn1C(F)F. The quantitative estimate of drug-likeness (QED) is 0.289.